The average molecular weight is 388 g/mol. The van der Waals surface area contributed by atoms with Gasteiger partial charge in [0.05, 0.1) is 6.04 Å². The molecule has 1 saturated heterocycles. The molecule has 0 aliphatic carbocycles. The van der Waals surface area contributed by atoms with Crippen LogP contribution in [0.1, 0.15) is 23.3 Å². The first-order chi connectivity index (χ1) is 14.3. The number of benzene rings is 2. The number of carbonyl (C=O) groups is 1. The SMILES string of the molecule is O=C(NC[C@H]1CCCN1c1nc2ccccc2o1)c1cc(-c2ccccc2)on1. The van der Waals surface area contributed by atoms with E-state index in [0.717, 1.165) is 36.0 Å². The molecule has 1 amide bonds. The Balaban J connectivity index is 1.25. The third-order valence-electron chi connectivity index (χ3n) is 5.20. The fourth-order valence-corrected chi connectivity index (χ4v) is 3.70. The minimum absolute atomic E-state index is 0.132. The molecule has 4 aromatic rings. The summed E-state index contributed by atoms with van der Waals surface area (Å²) in [6, 6.07) is 19.7. The number of carbonyl (C=O) groups excluding carboxylic acids is 1. The normalized spacial score (nSPS) is 16.4. The number of amides is 1. The Morgan fingerprint density at radius 3 is 2.83 bits per heavy atom. The van der Waals surface area contributed by atoms with Gasteiger partial charge in [-0.15, -0.1) is 0 Å². The number of nitrogens with one attached hydrogen (secondary N) is 1. The molecule has 146 valence electrons. The number of rotatable bonds is 5. The van der Waals surface area contributed by atoms with Crippen molar-refractivity contribution in [3.63, 3.8) is 0 Å². The summed E-state index contributed by atoms with van der Waals surface area (Å²) in [5.74, 6) is 0.324. The fraction of sp³-hybridized carbons (Fsp3) is 0.227. The Labute approximate surface area is 167 Å². The van der Waals surface area contributed by atoms with Crippen molar-refractivity contribution < 1.29 is 13.7 Å². The van der Waals surface area contributed by atoms with E-state index in [1.54, 1.807) is 6.07 Å². The number of para-hydroxylation sites is 2. The summed E-state index contributed by atoms with van der Waals surface area (Å²) < 4.78 is 11.2. The number of fused-ring (bicyclic) bond motifs is 1. The topological polar surface area (TPSA) is 84.4 Å². The molecule has 7 nitrogen and oxygen atoms in total. The Bertz CT molecular complexity index is 1100. The van der Waals surface area contributed by atoms with Crippen molar-refractivity contribution in [3.8, 4) is 11.3 Å². The van der Waals surface area contributed by atoms with Crippen molar-refractivity contribution in [2.24, 2.45) is 0 Å². The first-order valence-corrected chi connectivity index (χ1v) is 9.70. The molecule has 3 heterocycles. The molecule has 1 fully saturated rings. The van der Waals surface area contributed by atoms with E-state index in [1.807, 2.05) is 54.6 Å². The quantitative estimate of drug-likeness (QED) is 0.558. The Morgan fingerprint density at radius 2 is 1.97 bits per heavy atom. The summed E-state index contributed by atoms with van der Waals surface area (Å²) in [5, 5.41) is 6.88. The summed E-state index contributed by atoms with van der Waals surface area (Å²) >= 11 is 0. The van der Waals surface area contributed by atoms with Crippen LogP contribution in [-0.2, 0) is 0 Å². The lowest BCUT2D eigenvalue weighted by molar-refractivity contribution is 0.0942. The van der Waals surface area contributed by atoms with Gasteiger partial charge < -0.3 is 19.2 Å². The van der Waals surface area contributed by atoms with E-state index in [1.165, 1.54) is 0 Å². The van der Waals surface area contributed by atoms with Crippen molar-refractivity contribution in [1.82, 2.24) is 15.5 Å². The highest BCUT2D eigenvalue weighted by Crippen LogP contribution is 2.28. The van der Waals surface area contributed by atoms with Crippen LogP contribution in [0.5, 0.6) is 0 Å². The third-order valence-corrected chi connectivity index (χ3v) is 5.20. The molecule has 1 aliphatic heterocycles. The van der Waals surface area contributed by atoms with Gasteiger partial charge in [-0.05, 0) is 25.0 Å². The van der Waals surface area contributed by atoms with Gasteiger partial charge in [-0.3, -0.25) is 4.79 Å². The number of oxazole rings is 1. The van der Waals surface area contributed by atoms with Crippen molar-refractivity contribution in [2.75, 3.05) is 18.0 Å². The fourth-order valence-electron chi connectivity index (χ4n) is 3.70. The summed E-state index contributed by atoms with van der Waals surface area (Å²) in [6.07, 6.45) is 1.99. The molecule has 7 heteroatoms. The molecule has 0 radical (unpaired) electrons. The van der Waals surface area contributed by atoms with E-state index in [0.29, 0.717) is 18.3 Å². The molecule has 5 rings (SSSR count). The maximum absolute atomic E-state index is 12.5. The van der Waals surface area contributed by atoms with E-state index in [-0.39, 0.29) is 17.6 Å². The molecule has 2 aromatic carbocycles. The molecule has 0 unspecified atom stereocenters. The van der Waals surface area contributed by atoms with Gasteiger partial charge >= 0.3 is 0 Å². The molecule has 1 N–H and O–H groups in total. The van der Waals surface area contributed by atoms with Gasteiger partial charge in [0.25, 0.3) is 11.9 Å². The smallest absolute Gasteiger partial charge is 0.298 e. The Morgan fingerprint density at radius 1 is 1.14 bits per heavy atom. The molecule has 29 heavy (non-hydrogen) atoms. The molecule has 1 aliphatic rings. The molecule has 0 saturated carbocycles. The van der Waals surface area contributed by atoms with Crippen molar-refractivity contribution in [2.45, 2.75) is 18.9 Å². The van der Waals surface area contributed by atoms with Crippen LogP contribution in [-0.4, -0.2) is 35.2 Å². The predicted octanol–water partition coefficient (Wildman–Crippen LogP) is 3.88. The zero-order chi connectivity index (χ0) is 19.6. The highest BCUT2D eigenvalue weighted by atomic mass is 16.5. The van der Waals surface area contributed by atoms with Gasteiger partial charge in [-0.2, -0.15) is 4.98 Å². The van der Waals surface area contributed by atoms with E-state index < -0.39 is 0 Å². The zero-order valence-corrected chi connectivity index (χ0v) is 15.7. The lowest BCUT2D eigenvalue weighted by Gasteiger charge is -2.22. The van der Waals surface area contributed by atoms with E-state index in [2.05, 4.69) is 20.4 Å². The predicted molar refractivity (Wildman–Crippen MR) is 109 cm³/mol. The van der Waals surface area contributed by atoms with Crippen LogP contribution >= 0.6 is 0 Å². The second-order valence-corrected chi connectivity index (χ2v) is 7.11. The second-order valence-electron chi connectivity index (χ2n) is 7.11. The summed E-state index contributed by atoms with van der Waals surface area (Å²) in [6.45, 7) is 1.35. The largest absolute Gasteiger partial charge is 0.423 e. The number of anilines is 1. The number of hydrogen-bond donors (Lipinski definition) is 1. The van der Waals surface area contributed by atoms with Crippen molar-refractivity contribution in [3.05, 3.63) is 66.4 Å². The third kappa shape index (κ3) is 3.47. The van der Waals surface area contributed by atoms with Crippen LogP contribution < -0.4 is 10.2 Å². The molecule has 0 bridgehead atoms. The van der Waals surface area contributed by atoms with Gasteiger partial charge in [0.1, 0.15) is 5.52 Å². The molecule has 0 spiro atoms. The summed E-state index contributed by atoms with van der Waals surface area (Å²) in [7, 11) is 0. The van der Waals surface area contributed by atoms with Crippen LogP contribution in [0.3, 0.4) is 0 Å². The van der Waals surface area contributed by atoms with Crippen LogP contribution in [0, 0.1) is 0 Å². The minimum atomic E-state index is -0.250. The lowest BCUT2D eigenvalue weighted by atomic mass is 10.1. The zero-order valence-electron chi connectivity index (χ0n) is 15.7. The molecular formula is C22H20N4O3. The van der Waals surface area contributed by atoms with Crippen LogP contribution in [0.4, 0.5) is 6.01 Å². The lowest BCUT2D eigenvalue weighted by Crippen LogP contribution is -2.40. The standard InChI is InChI=1S/C22H20N4O3/c27-21(18-13-20(29-25-18)15-7-2-1-3-8-15)23-14-16-9-6-12-26(16)22-24-17-10-4-5-11-19(17)28-22/h1-5,7-8,10-11,13,16H,6,9,12,14H2,(H,23,27)/t16-/m1/s1. The number of nitrogens with zero attached hydrogens (tertiary/aromatic N) is 3. The van der Waals surface area contributed by atoms with Crippen LogP contribution in [0.2, 0.25) is 0 Å². The molecular weight excluding hydrogens is 368 g/mol. The summed E-state index contributed by atoms with van der Waals surface area (Å²) in [5.41, 5.74) is 2.77. The van der Waals surface area contributed by atoms with Gasteiger partial charge in [-0.25, -0.2) is 0 Å². The average Bonchev–Trinajstić information content (AvgIpc) is 3.51. The van der Waals surface area contributed by atoms with Crippen molar-refractivity contribution >= 4 is 23.0 Å². The van der Waals surface area contributed by atoms with Crippen LogP contribution in [0.25, 0.3) is 22.4 Å². The highest BCUT2D eigenvalue weighted by Gasteiger charge is 2.29. The second kappa shape index (κ2) is 7.43. The molecule has 1 atom stereocenters. The van der Waals surface area contributed by atoms with E-state index >= 15 is 0 Å². The Hall–Kier alpha value is -3.61. The first kappa shape index (κ1) is 17.5. The highest BCUT2D eigenvalue weighted by molar-refractivity contribution is 5.93. The number of aromatic nitrogens is 2. The maximum Gasteiger partial charge on any atom is 0.298 e. The van der Waals surface area contributed by atoms with Gasteiger partial charge in [0.15, 0.2) is 17.0 Å². The molecule has 2 aromatic heterocycles. The van der Waals surface area contributed by atoms with Gasteiger partial charge in [0.2, 0.25) is 0 Å². The van der Waals surface area contributed by atoms with Crippen molar-refractivity contribution in [1.29, 1.82) is 0 Å². The number of hydrogen-bond acceptors (Lipinski definition) is 6. The van der Waals surface area contributed by atoms with E-state index in [4.69, 9.17) is 8.94 Å². The monoisotopic (exact) mass is 388 g/mol. The van der Waals surface area contributed by atoms with Crippen LogP contribution in [0.15, 0.2) is 69.6 Å². The Kier molecular flexibility index (Phi) is 4.48. The summed E-state index contributed by atoms with van der Waals surface area (Å²) in [4.78, 5) is 19.2. The maximum atomic E-state index is 12.5. The first-order valence-electron chi connectivity index (χ1n) is 9.70. The van der Waals surface area contributed by atoms with Gasteiger partial charge in [0, 0.05) is 24.7 Å². The van der Waals surface area contributed by atoms with E-state index in [9.17, 15) is 4.79 Å². The van der Waals surface area contributed by atoms with Gasteiger partial charge in [-0.1, -0.05) is 47.6 Å². The minimum Gasteiger partial charge on any atom is -0.423 e.